The predicted molar refractivity (Wildman–Crippen MR) is 205 cm³/mol. The van der Waals surface area contributed by atoms with Crippen molar-refractivity contribution in [2.45, 2.75) is 77.0 Å². The van der Waals surface area contributed by atoms with Gasteiger partial charge in [0.05, 0.1) is 39.0 Å². The van der Waals surface area contributed by atoms with Crippen LogP contribution in [0.25, 0.3) is 0 Å². The van der Waals surface area contributed by atoms with Gasteiger partial charge in [-0.3, -0.25) is 4.79 Å². The van der Waals surface area contributed by atoms with Gasteiger partial charge in [-0.05, 0) is 86.5 Å². The number of methoxy groups -OCH3 is 2. The van der Waals surface area contributed by atoms with Crippen LogP contribution in [-0.4, -0.2) is 59.4 Å². The number of rotatable bonds is 9. The van der Waals surface area contributed by atoms with Crippen LogP contribution in [0.1, 0.15) is 74.7 Å². The number of nitrogens with zero attached hydrogens (tertiary/aromatic N) is 1. The number of para-hydroxylation sites is 1. The van der Waals surface area contributed by atoms with E-state index in [0.29, 0.717) is 35.6 Å². The van der Waals surface area contributed by atoms with Gasteiger partial charge in [-0.25, -0.2) is 4.79 Å². The first kappa shape index (κ1) is 35.6. The first-order valence-corrected chi connectivity index (χ1v) is 19.2. The van der Waals surface area contributed by atoms with Crippen LogP contribution in [0.2, 0.25) is 0 Å². The van der Waals surface area contributed by atoms with Crippen LogP contribution in [0, 0.1) is 33.5 Å². The van der Waals surface area contributed by atoms with Crippen molar-refractivity contribution in [1.29, 1.82) is 0 Å². The number of fused-ring (bicyclic) bond motifs is 1. The molecule has 0 saturated heterocycles. The smallest absolute Gasteiger partial charge is 0.322 e. The van der Waals surface area contributed by atoms with E-state index in [-0.39, 0.29) is 42.2 Å². The van der Waals surface area contributed by atoms with Crippen LogP contribution in [0.15, 0.2) is 103 Å². The van der Waals surface area contributed by atoms with Crippen LogP contribution in [0.3, 0.4) is 0 Å². The van der Waals surface area contributed by atoms with Gasteiger partial charge in [0.1, 0.15) is 11.5 Å². The fourth-order valence-electron chi connectivity index (χ4n) is 11.8. The zero-order valence-electron chi connectivity index (χ0n) is 31.3. The van der Waals surface area contributed by atoms with Crippen molar-refractivity contribution in [3.05, 3.63) is 114 Å². The first-order valence-electron chi connectivity index (χ1n) is 19.2. The van der Waals surface area contributed by atoms with Crippen LogP contribution in [0.5, 0.6) is 11.5 Å². The van der Waals surface area contributed by atoms with Crippen molar-refractivity contribution >= 4 is 17.5 Å². The molecule has 53 heavy (non-hydrogen) atoms. The lowest BCUT2D eigenvalue weighted by Crippen LogP contribution is -2.67. The standard InChI is InChI=1S/C45H52N2O6/c1-41-20-17-33(48)26-43(41)23-24-45(35(27-43)39(49)30-11-7-5-8-12-30)37(41)18-21-42(2)38(45)19-22-44(42,51)29-47(40(50)46-32-13-9-6-10-14-32)28-31-15-16-34(52-3)25-36(31)53-4/h5-16,23-25,27,33,37-38,48,51H,17-22,26,28-29H2,1-4H3,(H,46,50). The number of ether oxygens (including phenoxy) is 2. The number of nitrogens with one attached hydrogen (secondary N) is 1. The number of benzene rings is 3. The van der Waals surface area contributed by atoms with Crippen molar-refractivity contribution in [1.82, 2.24) is 4.90 Å². The molecule has 0 aliphatic heterocycles. The van der Waals surface area contributed by atoms with Crippen molar-refractivity contribution in [3.63, 3.8) is 0 Å². The summed E-state index contributed by atoms with van der Waals surface area (Å²) < 4.78 is 11.2. The second-order valence-corrected chi connectivity index (χ2v) is 16.8. The third-order valence-electron chi connectivity index (χ3n) is 14.6. The third kappa shape index (κ3) is 5.30. The number of Topliss-reactive ketones (excluding diaryl/α,β-unsaturated/α-hetero) is 1. The highest BCUT2D eigenvalue weighted by molar-refractivity contribution is 6.10. The summed E-state index contributed by atoms with van der Waals surface area (Å²) in [5, 5.41) is 27.3. The highest BCUT2D eigenvalue weighted by Crippen LogP contribution is 2.78. The summed E-state index contributed by atoms with van der Waals surface area (Å²) >= 11 is 0. The van der Waals surface area contributed by atoms with E-state index in [1.54, 1.807) is 19.1 Å². The normalized spacial score (nSPS) is 35.0. The summed E-state index contributed by atoms with van der Waals surface area (Å²) in [5.74, 6) is 1.43. The molecule has 3 aromatic carbocycles. The molecule has 9 rings (SSSR count). The molecule has 3 fully saturated rings. The van der Waals surface area contributed by atoms with Crippen LogP contribution < -0.4 is 14.8 Å². The first-order chi connectivity index (χ1) is 25.4. The number of aliphatic hydroxyl groups is 2. The van der Waals surface area contributed by atoms with E-state index < -0.39 is 27.9 Å². The van der Waals surface area contributed by atoms with Gasteiger partial charge in [-0.2, -0.15) is 0 Å². The molecule has 6 aliphatic rings. The topological polar surface area (TPSA) is 108 Å². The van der Waals surface area contributed by atoms with Gasteiger partial charge >= 0.3 is 6.03 Å². The maximum atomic E-state index is 14.8. The van der Waals surface area contributed by atoms with Crippen molar-refractivity contribution < 1.29 is 29.3 Å². The highest BCUT2D eigenvalue weighted by Gasteiger charge is 2.74. The second kappa shape index (κ2) is 12.9. The molecule has 0 heterocycles. The number of urea groups is 1. The molecule has 2 amide bonds. The molecular formula is C45H52N2O6. The minimum atomic E-state index is -1.24. The molecule has 2 bridgehead atoms. The van der Waals surface area contributed by atoms with Crippen LogP contribution in [0.4, 0.5) is 10.5 Å². The fourth-order valence-corrected chi connectivity index (χ4v) is 11.8. The average Bonchev–Trinajstić information content (AvgIpc) is 3.44. The van der Waals surface area contributed by atoms with Gasteiger partial charge in [0.15, 0.2) is 5.78 Å². The molecule has 6 aliphatic carbocycles. The molecule has 8 nitrogen and oxygen atoms in total. The number of carbonyl (C=O) groups is 2. The minimum absolute atomic E-state index is 0.0366. The van der Waals surface area contributed by atoms with E-state index in [2.05, 4.69) is 37.4 Å². The summed E-state index contributed by atoms with van der Waals surface area (Å²) in [6.45, 7) is 4.92. The Kier molecular flexibility index (Phi) is 8.65. The Hall–Kier alpha value is -4.40. The Morgan fingerprint density at radius 2 is 1.53 bits per heavy atom. The Labute approximate surface area is 312 Å². The SMILES string of the molecule is COc1ccc(CN(CC2(O)CCC3C45C=CC6(C=C4C(=O)c4ccccc4)CC(O)CCC6(C)C5CCC32C)C(=O)Nc2ccccc2)c(OC)c1. The van der Waals surface area contributed by atoms with E-state index >= 15 is 0 Å². The predicted octanol–water partition coefficient (Wildman–Crippen LogP) is 8.21. The lowest BCUT2D eigenvalue weighted by Gasteiger charge is -2.71. The number of hydrogen-bond donors (Lipinski definition) is 3. The number of allylic oxidation sites excluding steroid dienone is 4. The average molecular weight is 717 g/mol. The molecule has 8 unspecified atom stereocenters. The molecular weight excluding hydrogens is 665 g/mol. The van der Waals surface area contributed by atoms with Gasteiger partial charge in [0.2, 0.25) is 0 Å². The largest absolute Gasteiger partial charge is 0.497 e. The Bertz CT molecular complexity index is 1960. The zero-order valence-corrected chi connectivity index (χ0v) is 31.3. The minimum Gasteiger partial charge on any atom is -0.497 e. The monoisotopic (exact) mass is 716 g/mol. The highest BCUT2D eigenvalue weighted by atomic mass is 16.5. The zero-order chi connectivity index (χ0) is 37.2. The summed E-state index contributed by atoms with van der Waals surface area (Å²) in [6, 6.07) is 24.2. The number of hydrogen-bond acceptors (Lipinski definition) is 6. The number of anilines is 1. The van der Waals surface area contributed by atoms with Gasteiger partial charge < -0.3 is 29.9 Å². The number of carbonyl (C=O) groups excluding carboxylic acids is 2. The lowest BCUT2D eigenvalue weighted by molar-refractivity contribution is -0.174. The van der Waals surface area contributed by atoms with Crippen molar-refractivity contribution in [3.8, 4) is 11.5 Å². The van der Waals surface area contributed by atoms with E-state index in [1.165, 1.54) is 0 Å². The van der Waals surface area contributed by atoms with E-state index in [4.69, 9.17) is 9.47 Å². The van der Waals surface area contributed by atoms with Crippen LogP contribution >= 0.6 is 0 Å². The van der Waals surface area contributed by atoms with E-state index in [9.17, 15) is 19.8 Å². The Morgan fingerprint density at radius 1 is 0.849 bits per heavy atom. The number of ketones is 1. The molecule has 3 aromatic rings. The van der Waals surface area contributed by atoms with Crippen molar-refractivity contribution in [2.24, 2.45) is 33.5 Å². The van der Waals surface area contributed by atoms with Gasteiger partial charge in [-0.1, -0.05) is 80.6 Å². The Morgan fingerprint density at radius 3 is 2.25 bits per heavy atom. The fraction of sp³-hybridized carbons (Fsp3) is 0.467. The maximum absolute atomic E-state index is 14.8. The summed E-state index contributed by atoms with van der Waals surface area (Å²) in [7, 11) is 3.21. The molecule has 2 spiro atoms. The van der Waals surface area contributed by atoms with Gasteiger partial charge in [0.25, 0.3) is 0 Å². The molecule has 0 radical (unpaired) electrons. The molecule has 3 saturated carbocycles. The molecule has 0 aromatic heterocycles. The molecule has 3 N–H and O–H groups in total. The number of aliphatic hydroxyl groups excluding tert-OH is 1. The second-order valence-electron chi connectivity index (χ2n) is 16.8. The van der Waals surface area contributed by atoms with Gasteiger partial charge in [-0.15, -0.1) is 0 Å². The summed E-state index contributed by atoms with van der Waals surface area (Å²) in [4.78, 5) is 30.8. The van der Waals surface area contributed by atoms with Crippen LogP contribution in [-0.2, 0) is 6.54 Å². The quantitative estimate of drug-likeness (QED) is 0.152. The number of amides is 2. The summed E-state index contributed by atoms with van der Waals surface area (Å²) in [5.41, 5.74) is -0.00385. The van der Waals surface area contributed by atoms with E-state index in [1.807, 2.05) is 78.9 Å². The lowest BCUT2D eigenvalue weighted by atomic mass is 9.32. The third-order valence-corrected chi connectivity index (χ3v) is 14.6. The Balaban J connectivity index is 1.19. The summed E-state index contributed by atoms with van der Waals surface area (Å²) in [6.07, 6.45) is 11.6. The molecule has 8 atom stereocenters. The molecule has 278 valence electrons. The van der Waals surface area contributed by atoms with Gasteiger partial charge in [0, 0.05) is 44.7 Å². The maximum Gasteiger partial charge on any atom is 0.322 e. The van der Waals surface area contributed by atoms with Crippen molar-refractivity contribution in [2.75, 3.05) is 26.1 Å². The van der Waals surface area contributed by atoms with E-state index in [0.717, 1.165) is 43.2 Å². The molecule has 8 heteroatoms.